The van der Waals surface area contributed by atoms with Crippen LogP contribution in [0.2, 0.25) is 0 Å². The van der Waals surface area contributed by atoms with Crippen LogP contribution in [0.4, 0.5) is 5.69 Å². The van der Waals surface area contributed by atoms with E-state index in [2.05, 4.69) is 15.0 Å². The molecule has 0 unspecified atom stereocenters. The van der Waals surface area contributed by atoms with Crippen molar-refractivity contribution in [3.05, 3.63) is 194 Å². The van der Waals surface area contributed by atoms with E-state index in [1.165, 1.54) is 6.08 Å². The maximum Gasteiger partial charge on any atom is 0.287 e. The summed E-state index contributed by atoms with van der Waals surface area (Å²) in [7, 11) is 3.44. The van der Waals surface area contributed by atoms with Gasteiger partial charge in [0.2, 0.25) is 6.08 Å². The van der Waals surface area contributed by atoms with Crippen molar-refractivity contribution in [3.8, 4) is 22.3 Å². The number of aromatic nitrogens is 4. The predicted octanol–water partition coefficient (Wildman–Crippen LogP) is 8.73. The van der Waals surface area contributed by atoms with Gasteiger partial charge in [0, 0.05) is 83.0 Å². The molecule has 8 aromatic rings. The number of ketones is 2. The number of fused-ring (bicyclic) bond motifs is 2. The molecule has 0 bridgehead atoms. The summed E-state index contributed by atoms with van der Waals surface area (Å²) in [5.74, 6) is -1.07. The fourth-order valence-electron chi connectivity index (χ4n) is 7.17. The highest BCUT2D eigenvalue weighted by molar-refractivity contribution is 6.09. The van der Waals surface area contributed by atoms with E-state index in [9.17, 15) is 28.8 Å². The van der Waals surface area contributed by atoms with Crippen LogP contribution in [0.1, 0.15) is 55.2 Å². The lowest BCUT2D eigenvalue weighted by molar-refractivity contribution is -0.117. The maximum atomic E-state index is 13.1. The van der Waals surface area contributed by atoms with Gasteiger partial charge < -0.3 is 21.0 Å². The van der Waals surface area contributed by atoms with E-state index < -0.39 is 5.91 Å². The summed E-state index contributed by atoms with van der Waals surface area (Å²) in [5, 5.41) is 1.67. The second-order valence-electron chi connectivity index (χ2n) is 15.4. The van der Waals surface area contributed by atoms with Crippen molar-refractivity contribution in [2.75, 3.05) is 5.73 Å². The van der Waals surface area contributed by atoms with Crippen molar-refractivity contribution in [3.63, 3.8) is 0 Å². The van der Waals surface area contributed by atoms with Crippen molar-refractivity contribution in [1.29, 1.82) is 0 Å². The molecule has 328 valence electrons. The Bertz CT molecular complexity index is 3240. The highest BCUT2D eigenvalue weighted by Gasteiger charge is 2.18. The van der Waals surface area contributed by atoms with Crippen LogP contribution < -0.4 is 23.0 Å². The van der Waals surface area contributed by atoms with Gasteiger partial charge in [-0.3, -0.25) is 33.9 Å². The minimum atomic E-state index is -0.689. The number of nitrogens with two attached hydrogens (primary N) is 1. The van der Waals surface area contributed by atoms with E-state index in [0.29, 0.717) is 27.8 Å². The van der Waals surface area contributed by atoms with Crippen LogP contribution in [0.25, 0.3) is 44.1 Å². The first-order valence-corrected chi connectivity index (χ1v) is 20.3. The van der Waals surface area contributed by atoms with Crippen LogP contribution in [0.5, 0.6) is 0 Å². The molecule has 5 N–H and O–H groups in total. The largest absolute Gasteiger partial charge is 0.399 e. The lowest BCUT2D eigenvalue weighted by atomic mass is 9.94. The summed E-state index contributed by atoms with van der Waals surface area (Å²) in [5.41, 5.74) is 14.7. The first-order chi connectivity index (χ1) is 30.6. The number of carbonyl (C=O) groups excluding carboxylic acids is 4. The third kappa shape index (κ3) is 11.4. The van der Waals surface area contributed by atoms with Crippen LogP contribution in [-0.2, 0) is 30.1 Å². The number of anilines is 1. The molecule has 0 saturated carbocycles. The Morgan fingerprint density at radius 1 is 0.615 bits per heavy atom. The van der Waals surface area contributed by atoms with Crippen molar-refractivity contribution in [2.45, 2.75) is 40.5 Å². The summed E-state index contributed by atoms with van der Waals surface area (Å²) in [4.78, 5) is 85.0. The van der Waals surface area contributed by atoms with Gasteiger partial charge in [-0.1, -0.05) is 66.7 Å². The number of carbonyl (C=O) groups is 3. The van der Waals surface area contributed by atoms with Gasteiger partial charge in [0.1, 0.15) is 5.78 Å². The van der Waals surface area contributed by atoms with E-state index in [1.807, 2.05) is 113 Å². The quantitative estimate of drug-likeness (QED) is 0.0487. The monoisotopic (exact) mass is 867 g/mol. The number of benzene rings is 4. The number of hydrogen-bond acceptors (Lipinski definition) is 10. The van der Waals surface area contributed by atoms with Crippen LogP contribution in [-0.4, -0.2) is 42.7 Å². The van der Waals surface area contributed by atoms with Gasteiger partial charge in [-0.2, -0.15) is 0 Å². The molecule has 4 aromatic heterocycles. The van der Waals surface area contributed by atoms with E-state index in [1.54, 1.807) is 72.0 Å². The molecule has 1 amide bonds. The topological polar surface area (TPSA) is 211 Å². The second kappa shape index (κ2) is 21.2. The zero-order chi connectivity index (χ0) is 46.1. The standard InChI is InChI=1S/C27H24N2O3.C19H15N3O3.C6H7N.H3N/c1-17-9-10-20(26(31)15-22(30)12-19-7-5-4-6-8-19)13-23(17)24-14-21-16-28-18(2)11-25(21)29(3)27(24)32;1-11-4-5-13(18(24)21-10-23)7-15(11)16-8-14-9-20-12(2)6-17(14)22(3)19(16)25;7-6-4-2-1-3-5-6;/h4-11,13-14,16H,12,15H2,1-3H3;4-9H,1-3H3;1-5H,7H2;1H3. The Labute approximate surface area is 375 Å². The number of amides is 1. The number of nitrogen functional groups attached to an aromatic ring is 1. The molecule has 0 fully saturated rings. The van der Waals surface area contributed by atoms with Crippen LogP contribution in [0.15, 0.2) is 148 Å². The van der Waals surface area contributed by atoms with Gasteiger partial charge in [0.25, 0.3) is 17.0 Å². The molecule has 4 heterocycles. The second-order valence-corrected chi connectivity index (χ2v) is 15.4. The number of hydrogen-bond donors (Lipinski definition) is 2. The summed E-state index contributed by atoms with van der Waals surface area (Å²) in [6.45, 7) is 7.51. The molecule has 0 saturated heterocycles. The zero-order valence-corrected chi connectivity index (χ0v) is 37.1. The molecule has 65 heavy (non-hydrogen) atoms. The highest BCUT2D eigenvalue weighted by Crippen LogP contribution is 2.27. The third-order valence-corrected chi connectivity index (χ3v) is 10.7. The van der Waals surface area contributed by atoms with E-state index in [0.717, 1.165) is 55.6 Å². The fraction of sp³-hybridized carbons (Fsp3) is 0.154. The minimum Gasteiger partial charge on any atom is -0.399 e. The molecular formula is C52H49N7O6. The van der Waals surface area contributed by atoms with Crippen LogP contribution in [0, 0.1) is 27.7 Å². The summed E-state index contributed by atoms with van der Waals surface area (Å²) < 4.78 is 3.17. The van der Waals surface area contributed by atoms with Gasteiger partial charge in [-0.05, 0) is 110 Å². The molecule has 8 rings (SSSR count). The third-order valence-electron chi connectivity index (χ3n) is 10.7. The Morgan fingerprint density at radius 3 is 1.54 bits per heavy atom. The fourth-order valence-corrected chi connectivity index (χ4v) is 7.17. The van der Waals surface area contributed by atoms with E-state index in [-0.39, 0.29) is 47.2 Å². The molecule has 0 aliphatic carbocycles. The van der Waals surface area contributed by atoms with Crippen LogP contribution in [0.3, 0.4) is 0 Å². The Balaban J connectivity index is 0.000000213. The molecule has 13 heteroatoms. The molecule has 0 aliphatic heterocycles. The summed E-state index contributed by atoms with van der Waals surface area (Å²) in [6, 6.07) is 36.3. The van der Waals surface area contributed by atoms with E-state index in [4.69, 9.17) is 5.73 Å². The Hall–Kier alpha value is -8.25. The molecular weight excluding hydrogens is 819 g/mol. The molecule has 0 atom stereocenters. The normalized spacial score (nSPS) is 10.4. The number of nitrogens with zero attached hydrogens (tertiary/aromatic N) is 5. The number of pyridine rings is 4. The Kier molecular flexibility index (Phi) is 15.6. The maximum absolute atomic E-state index is 13.1. The minimum absolute atomic E-state index is 0. The van der Waals surface area contributed by atoms with Crippen molar-refractivity contribution in [1.82, 2.24) is 25.3 Å². The number of rotatable bonds is 8. The van der Waals surface area contributed by atoms with Crippen molar-refractivity contribution >= 4 is 51.0 Å². The van der Waals surface area contributed by atoms with Crippen molar-refractivity contribution in [2.24, 2.45) is 19.1 Å². The molecule has 0 aliphatic rings. The number of para-hydroxylation sites is 1. The smallest absolute Gasteiger partial charge is 0.287 e. The lowest BCUT2D eigenvalue weighted by Crippen LogP contribution is -2.19. The average Bonchev–Trinajstić information content (AvgIpc) is 3.28. The summed E-state index contributed by atoms with van der Waals surface area (Å²) >= 11 is 0. The molecule has 0 spiro atoms. The van der Waals surface area contributed by atoms with Gasteiger partial charge in [0.15, 0.2) is 5.78 Å². The predicted molar refractivity (Wildman–Crippen MR) is 256 cm³/mol. The molecule has 13 nitrogen and oxygen atoms in total. The number of aryl methyl sites for hydroxylation is 6. The Morgan fingerprint density at radius 2 is 1.08 bits per heavy atom. The molecule has 0 radical (unpaired) electrons. The van der Waals surface area contributed by atoms with Gasteiger partial charge in [-0.15, -0.1) is 4.99 Å². The first kappa shape index (κ1) is 47.8. The SMILES string of the molecule is Cc1cc2c(cn1)cc(-c1cc(C(=O)CC(=O)Cc3ccccc3)ccc1C)c(=O)n2C.Cc1cc2c(cn1)cc(-c1cc(C(=O)N=C=O)ccc1C)c(=O)n2C.N.Nc1ccccc1. The molecule has 4 aromatic carbocycles. The highest BCUT2D eigenvalue weighted by atomic mass is 16.2. The van der Waals surface area contributed by atoms with Gasteiger partial charge in [0.05, 0.1) is 17.5 Å². The van der Waals surface area contributed by atoms with Gasteiger partial charge >= 0.3 is 0 Å². The summed E-state index contributed by atoms with van der Waals surface area (Å²) in [6.07, 6.45) is 4.76. The van der Waals surface area contributed by atoms with Gasteiger partial charge in [-0.25, -0.2) is 4.79 Å². The average molecular weight is 868 g/mol. The lowest BCUT2D eigenvalue weighted by Gasteiger charge is -2.12. The van der Waals surface area contributed by atoms with Crippen molar-refractivity contribution < 1.29 is 19.2 Å². The first-order valence-electron chi connectivity index (χ1n) is 20.3. The number of Topliss-reactive ketones (excluding diaryl/α,β-unsaturated/α-hetero) is 2. The zero-order valence-electron chi connectivity index (χ0n) is 37.1. The number of isocyanates is 1. The number of aliphatic imine (C=N–C) groups is 1. The van der Waals surface area contributed by atoms with E-state index >= 15 is 0 Å². The van der Waals surface area contributed by atoms with Crippen LogP contribution >= 0.6 is 0 Å².